The van der Waals surface area contributed by atoms with Crippen LogP contribution in [0.5, 0.6) is 11.5 Å². The molecule has 0 radical (unpaired) electrons. The first-order valence-electron chi connectivity index (χ1n) is 11.8. The maximum Gasteiger partial charge on any atom is 0.516 e. The number of carboxylic acid groups (broad SMARTS) is 1. The molecule has 1 N–H and O–H groups in total. The van der Waals surface area contributed by atoms with Crippen molar-refractivity contribution in [2.45, 2.75) is 17.5 Å². The Morgan fingerprint density at radius 2 is 1.57 bits per heavy atom. The van der Waals surface area contributed by atoms with E-state index in [2.05, 4.69) is 24.3 Å². The number of nitrogens with zero attached hydrogens (tertiary/aromatic N) is 1. The number of ether oxygens (including phenoxy) is 2. The van der Waals surface area contributed by atoms with Gasteiger partial charge in [0.05, 0.1) is 6.54 Å². The molecule has 1 aliphatic rings. The highest BCUT2D eigenvalue weighted by Gasteiger charge is 2.48. The number of carbonyl (C=O) groups is 1. The molecule has 35 heavy (non-hydrogen) atoms. The first kappa shape index (κ1) is 23.3. The average molecular weight is 487 g/mol. The maximum atomic E-state index is 13.0. The van der Waals surface area contributed by atoms with Gasteiger partial charge in [0.15, 0.2) is 18.1 Å². The molecule has 4 aromatic carbocycles. The summed E-state index contributed by atoms with van der Waals surface area (Å²) < 4.78 is 12.0. The summed E-state index contributed by atoms with van der Waals surface area (Å²) in [5.74, 6) is 1.89. The number of quaternary nitrogens is 1. The molecule has 5 nitrogen and oxygen atoms in total. The van der Waals surface area contributed by atoms with Gasteiger partial charge in [0.1, 0.15) is 6.54 Å². The van der Waals surface area contributed by atoms with Gasteiger partial charge >= 0.3 is 6.09 Å². The van der Waals surface area contributed by atoms with Crippen molar-refractivity contribution < 1.29 is 23.9 Å². The molecule has 4 aromatic rings. The number of hydrogen-bond donors (Lipinski definition) is 1. The van der Waals surface area contributed by atoms with Crippen molar-refractivity contribution in [3.05, 3.63) is 103 Å². The van der Waals surface area contributed by atoms with Crippen molar-refractivity contribution >= 4 is 28.6 Å². The minimum absolute atomic E-state index is 0.189. The van der Waals surface area contributed by atoms with Crippen molar-refractivity contribution in [3.8, 4) is 11.5 Å². The molecule has 1 heterocycles. The quantitative estimate of drug-likeness (QED) is 0.229. The Bertz CT molecular complexity index is 1310. The first-order valence-corrected chi connectivity index (χ1v) is 12.8. The number of rotatable bonds is 8. The van der Waals surface area contributed by atoms with E-state index in [0.717, 1.165) is 21.2 Å². The van der Waals surface area contributed by atoms with Gasteiger partial charge in [0.25, 0.3) is 6.23 Å². The predicted molar refractivity (Wildman–Crippen MR) is 139 cm³/mol. The number of benzene rings is 4. The van der Waals surface area contributed by atoms with Crippen molar-refractivity contribution in [2.24, 2.45) is 0 Å². The van der Waals surface area contributed by atoms with Gasteiger partial charge < -0.3 is 14.6 Å². The molecule has 0 aromatic heterocycles. The second-order valence-electron chi connectivity index (χ2n) is 8.64. The summed E-state index contributed by atoms with van der Waals surface area (Å²) >= 11 is 1.66. The molecule has 0 bridgehead atoms. The Morgan fingerprint density at radius 1 is 0.857 bits per heavy atom. The number of para-hydroxylation sites is 2. The molecular formula is C29H28NO4S+. The second kappa shape index (κ2) is 10.4. The van der Waals surface area contributed by atoms with Gasteiger partial charge in [-0.1, -0.05) is 72.8 Å². The van der Waals surface area contributed by atoms with Crippen LogP contribution in [0.1, 0.15) is 5.56 Å². The van der Waals surface area contributed by atoms with Crippen LogP contribution in [0.4, 0.5) is 4.79 Å². The normalized spacial score (nSPS) is 16.5. The molecule has 6 heteroatoms. The van der Waals surface area contributed by atoms with E-state index in [0.29, 0.717) is 36.8 Å². The average Bonchev–Trinajstić information content (AvgIpc) is 2.91. The maximum absolute atomic E-state index is 13.0. The Hall–Kier alpha value is -3.48. The molecule has 0 spiro atoms. The van der Waals surface area contributed by atoms with Crippen LogP contribution in [0.2, 0.25) is 0 Å². The molecule has 0 saturated heterocycles. The number of fused-ring (bicyclic) bond motifs is 2. The van der Waals surface area contributed by atoms with Crippen LogP contribution < -0.4 is 9.47 Å². The van der Waals surface area contributed by atoms with Gasteiger partial charge in [-0.15, -0.1) is 11.8 Å². The summed E-state index contributed by atoms with van der Waals surface area (Å²) in [6.45, 7) is 1.000. The van der Waals surface area contributed by atoms with E-state index in [1.165, 1.54) is 0 Å². The van der Waals surface area contributed by atoms with Crippen LogP contribution >= 0.6 is 11.8 Å². The summed E-state index contributed by atoms with van der Waals surface area (Å²) in [5, 5.41) is 13.0. The van der Waals surface area contributed by atoms with E-state index in [4.69, 9.17) is 9.47 Å². The summed E-state index contributed by atoms with van der Waals surface area (Å²) in [7, 11) is 0. The van der Waals surface area contributed by atoms with E-state index < -0.39 is 12.3 Å². The summed E-state index contributed by atoms with van der Waals surface area (Å²) in [6.07, 6.45) is -0.925. The van der Waals surface area contributed by atoms with Crippen LogP contribution in [0.15, 0.2) is 102 Å². The van der Waals surface area contributed by atoms with Gasteiger partial charge in [-0.05, 0) is 40.6 Å². The largest absolute Gasteiger partial charge is 0.516 e. The lowest BCUT2D eigenvalue weighted by atomic mass is 10.0. The van der Waals surface area contributed by atoms with Crippen molar-refractivity contribution in [3.63, 3.8) is 0 Å². The molecule has 5 rings (SSSR count). The zero-order valence-electron chi connectivity index (χ0n) is 19.4. The van der Waals surface area contributed by atoms with Gasteiger partial charge in [-0.2, -0.15) is 9.28 Å². The van der Waals surface area contributed by atoms with E-state index >= 15 is 0 Å². The molecule has 1 unspecified atom stereocenters. The highest BCUT2D eigenvalue weighted by Crippen LogP contribution is 2.35. The number of hydrogen-bond acceptors (Lipinski definition) is 4. The third kappa shape index (κ3) is 4.99. The predicted octanol–water partition coefficient (Wildman–Crippen LogP) is 6.47. The highest BCUT2D eigenvalue weighted by molar-refractivity contribution is 7.99. The van der Waals surface area contributed by atoms with Crippen LogP contribution in [0.25, 0.3) is 10.8 Å². The van der Waals surface area contributed by atoms with Gasteiger partial charge in [-0.3, -0.25) is 0 Å². The van der Waals surface area contributed by atoms with Crippen LogP contribution in [0, 0.1) is 0 Å². The fourth-order valence-electron chi connectivity index (χ4n) is 4.64. The van der Waals surface area contributed by atoms with Crippen LogP contribution in [-0.4, -0.2) is 47.4 Å². The SMILES string of the molecule is O=C(O)[N+](CCSc1ccccc1)(CCc1cccc2ccccc12)[C@@H]1COc2ccccc2O1. The lowest BCUT2D eigenvalue weighted by Crippen LogP contribution is -2.65. The van der Waals surface area contributed by atoms with E-state index in [-0.39, 0.29) is 11.1 Å². The Morgan fingerprint density at radius 3 is 2.40 bits per heavy atom. The second-order valence-corrected chi connectivity index (χ2v) is 9.81. The fraction of sp³-hybridized carbons (Fsp3) is 0.207. The minimum atomic E-state index is -0.896. The van der Waals surface area contributed by atoms with Crippen molar-refractivity contribution in [2.75, 3.05) is 25.4 Å². The summed E-state index contributed by atoms with van der Waals surface area (Å²) in [5.41, 5.74) is 1.14. The zero-order valence-corrected chi connectivity index (χ0v) is 20.2. The van der Waals surface area contributed by atoms with Gasteiger partial charge in [0, 0.05) is 17.1 Å². The van der Waals surface area contributed by atoms with E-state index in [9.17, 15) is 9.90 Å². The Balaban J connectivity index is 1.43. The Kier molecular flexibility index (Phi) is 6.93. The van der Waals surface area contributed by atoms with Gasteiger partial charge in [-0.25, -0.2) is 0 Å². The highest BCUT2D eigenvalue weighted by atomic mass is 32.2. The molecule has 1 amide bonds. The third-order valence-electron chi connectivity index (χ3n) is 6.59. The lowest BCUT2D eigenvalue weighted by molar-refractivity contribution is -0.899. The topological polar surface area (TPSA) is 55.8 Å². The summed E-state index contributed by atoms with van der Waals surface area (Å²) in [6, 6.07) is 32.0. The third-order valence-corrected chi connectivity index (χ3v) is 7.58. The van der Waals surface area contributed by atoms with Crippen molar-refractivity contribution in [1.82, 2.24) is 0 Å². The number of thioether (sulfide) groups is 1. The smallest absolute Gasteiger partial charge is 0.479 e. The van der Waals surface area contributed by atoms with Crippen LogP contribution in [0.3, 0.4) is 0 Å². The molecule has 0 aliphatic carbocycles. The van der Waals surface area contributed by atoms with Crippen LogP contribution in [-0.2, 0) is 6.42 Å². The number of amides is 1. The summed E-state index contributed by atoms with van der Waals surface area (Å²) in [4.78, 5) is 14.1. The molecular weight excluding hydrogens is 458 g/mol. The standard InChI is InChI=1S/C29H27NO4S/c31-29(32)30(19-20-35-24-12-2-1-3-13-24,28-21-33-26-15-6-7-16-27(26)34-28)18-17-23-11-8-10-22-9-4-5-14-25(22)23/h1-16,28H,17-21H2/p+1/t28-,30?/m0/s1. The Labute approximate surface area is 209 Å². The molecule has 0 saturated carbocycles. The molecule has 0 fully saturated rings. The minimum Gasteiger partial charge on any atom is -0.479 e. The molecule has 178 valence electrons. The molecule has 1 aliphatic heterocycles. The fourth-order valence-corrected chi connectivity index (χ4v) is 5.64. The van der Waals surface area contributed by atoms with Crippen molar-refractivity contribution in [1.29, 1.82) is 0 Å². The lowest BCUT2D eigenvalue weighted by Gasteiger charge is -2.40. The van der Waals surface area contributed by atoms with E-state index in [1.54, 1.807) is 11.8 Å². The monoisotopic (exact) mass is 486 g/mol. The van der Waals surface area contributed by atoms with E-state index in [1.807, 2.05) is 72.8 Å². The van der Waals surface area contributed by atoms with Gasteiger partial charge in [0.2, 0.25) is 0 Å². The zero-order chi connectivity index (χ0) is 24.1. The first-order chi connectivity index (χ1) is 17.2. The molecule has 2 atom stereocenters.